The highest BCUT2D eigenvalue weighted by Gasteiger charge is 2.54. The van der Waals surface area contributed by atoms with E-state index < -0.39 is 52.6 Å². The minimum absolute atomic E-state index is 0.0497. The summed E-state index contributed by atoms with van der Waals surface area (Å²) in [5.41, 5.74) is 6.21. The first-order chi connectivity index (χ1) is 15.1. The van der Waals surface area contributed by atoms with Crippen LogP contribution in [0.1, 0.15) is 6.92 Å². The second-order valence-electron chi connectivity index (χ2n) is 7.50. The fraction of sp³-hybridized carbons (Fsp3) is 0.500. The number of nitrogens with one attached hydrogen (secondary N) is 1. The third-order valence-corrected chi connectivity index (χ3v) is 8.23. The number of aliphatic carboxylic acids is 2. The summed E-state index contributed by atoms with van der Waals surface area (Å²) < 4.78 is 4.90. The van der Waals surface area contributed by atoms with Crippen LogP contribution in [0.4, 0.5) is 0 Å². The van der Waals surface area contributed by atoms with Crippen LogP contribution in [0.25, 0.3) is 0 Å². The largest absolute Gasteiger partial charge is 0.477 e. The van der Waals surface area contributed by atoms with Crippen molar-refractivity contribution in [2.75, 3.05) is 24.7 Å². The smallest absolute Gasteiger partial charge is 0.352 e. The van der Waals surface area contributed by atoms with Crippen molar-refractivity contribution in [3.8, 4) is 0 Å². The van der Waals surface area contributed by atoms with Gasteiger partial charge in [0.25, 0.3) is 0 Å². The number of esters is 1. The zero-order chi connectivity index (χ0) is 23.3. The Balaban J connectivity index is 1.48. The van der Waals surface area contributed by atoms with Crippen molar-refractivity contribution in [2.45, 2.75) is 29.8 Å². The van der Waals surface area contributed by atoms with Crippen molar-refractivity contribution in [2.24, 2.45) is 5.73 Å². The Morgan fingerprint density at radius 1 is 1.03 bits per heavy atom. The van der Waals surface area contributed by atoms with Crippen molar-refractivity contribution in [1.29, 1.82) is 0 Å². The van der Waals surface area contributed by atoms with Crippen molar-refractivity contribution in [3.05, 3.63) is 22.5 Å². The number of nitrogens with zero attached hydrogens (tertiary/aromatic N) is 2. The summed E-state index contributed by atoms with van der Waals surface area (Å²) in [5.74, 6) is -3.41. The first-order valence-corrected chi connectivity index (χ1v) is 11.7. The molecule has 0 spiro atoms. The molecule has 5 N–H and O–H groups in total. The lowest BCUT2D eigenvalue weighted by atomic mass is 10.0. The minimum Gasteiger partial charge on any atom is -0.477 e. The van der Waals surface area contributed by atoms with Gasteiger partial charge in [0.2, 0.25) is 11.8 Å². The number of ether oxygens (including phenoxy) is 1. The third kappa shape index (κ3) is 3.56. The molecular formula is C18H20N4O8S2. The Kier molecular flexibility index (Phi) is 5.96. The van der Waals surface area contributed by atoms with Gasteiger partial charge in [-0.3, -0.25) is 29.5 Å². The molecule has 0 saturated carbocycles. The summed E-state index contributed by atoms with van der Waals surface area (Å²) >= 11 is 2.68. The number of rotatable bonds is 7. The molecule has 4 aliphatic heterocycles. The maximum absolute atomic E-state index is 12.7. The van der Waals surface area contributed by atoms with E-state index in [4.69, 9.17) is 10.5 Å². The molecule has 0 aromatic heterocycles. The van der Waals surface area contributed by atoms with Gasteiger partial charge >= 0.3 is 17.9 Å². The van der Waals surface area contributed by atoms with Crippen LogP contribution in [0.15, 0.2) is 22.5 Å². The molecule has 2 saturated heterocycles. The normalized spacial score (nSPS) is 29.2. The molecule has 0 aromatic carbocycles. The molecule has 2 amide bonds. The predicted octanol–water partition coefficient (Wildman–Crippen LogP) is -1.66. The van der Waals surface area contributed by atoms with Gasteiger partial charge in [0.15, 0.2) is 0 Å². The van der Waals surface area contributed by atoms with Gasteiger partial charge in [0.1, 0.15) is 40.8 Å². The van der Waals surface area contributed by atoms with E-state index in [0.29, 0.717) is 16.9 Å². The van der Waals surface area contributed by atoms with Crippen LogP contribution in [0.3, 0.4) is 0 Å². The van der Waals surface area contributed by atoms with Gasteiger partial charge in [0, 0.05) is 30.5 Å². The molecule has 0 radical (unpaired) electrons. The zero-order valence-electron chi connectivity index (χ0n) is 16.8. The van der Waals surface area contributed by atoms with Crippen LogP contribution in [0, 0.1) is 0 Å². The predicted molar refractivity (Wildman–Crippen MR) is 112 cm³/mol. The summed E-state index contributed by atoms with van der Waals surface area (Å²) in [6.07, 6.45) is 0. The number of fused-ring (bicyclic) bond motifs is 2. The highest BCUT2D eigenvalue weighted by molar-refractivity contribution is 8.00. The van der Waals surface area contributed by atoms with Crippen LogP contribution in [0.2, 0.25) is 0 Å². The molecule has 32 heavy (non-hydrogen) atoms. The second kappa shape index (κ2) is 8.42. The third-order valence-electron chi connectivity index (χ3n) is 5.53. The Morgan fingerprint density at radius 2 is 1.59 bits per heavy atom. The molecule has 12 nitrogen and oxygen atoms in total. The number of carbonyl (C=O) groups is 5. The van der Waals surface area contributed by atoms with E-state index in [1.54, 1.807) is 0 Å². The summed E-state index contributed by atoms with van der Waals surface area (Å²) in [4.78, 5) is 61.7. The lowest BCUT2D eigenvalue weighted by molar-refractivity contribution is -0.149. The van der Waals surface area contributed by atoms with Crippen LogP contribution in [0.5, 0.6) is 0 Å². The van der Waals surface area contributed by atoms with Crippen molar-refractivity contribution in [3.63, 3.8) is 0 Å². The summed E-state index contributed by atoms with van der Waals surface area (Å²) in [5, 5.41) is 21.3. The van der Waals surface area contributed by atoms with Crippen molar-refractivity contribution < 1.29 is 38.9 Å². The summed E-state index contributed by atoms with van der Waals surface area (Å²) in [7, 11) is 0. The molecule has 14 heteroatoms. The fourth-order valence-electron chi connectivity index (χ4n) is 3.99. The number of nitrogens with two attached hydrogens (primary N) is 1. The van der Waals surface area contributed by atoms with E-state index >= 15 is 0 Å². The first kappa shape index (κ1) is 22.6. The Hall–Kier alpha value is -2.55. The van der Waals surface area contributed by atoms with Crippen LogP contribution in [-0.4, -0.2) is 97.2 Å². The second-order valence-corrected chi connectivity index (χ2v) is 9.71. The molecule has 2 fully saturated rings. The van der Waals surface area contributed by atoms with Gasteiger partial charge < -0.3 is 20.7 Å². The number of amides is 2. The molecule has 4 rings (SSSR count). The Bertz CT molecular complexity index is 995. The number of β-lactam (4-membered cyclic amide) rings is 2. The molecule has 172 valence electrons. The van der Waals surface area contributed by atoms with Gasteiger partial charge in [-0.2, -0.15) is 0 Å². The molecular weight excluding hydrogens is 464 g/mol. The molecule has 4 aliphatic rings. The quantitative estimate of drug-likeness (QED) is 0.239. The van der Waals surface area contributed by atoms with Crippen LogP contribution in [-0.2, 0) is 28.7 Å². The van der Waals surface area contributed by atoms with E-state index in [9.17, 15) is 34.2 Å². The van der Waals surface area contributed by atoms with Gasteiger partial charge in [0.05, 0.1) is 0 Å². The van der Waals surface area contributed by atoms with Crippen LogP contribution < -0.4 is 11.1 Å². The van der Waals surface area contributed by atoms with E-state index in [-0.39, 0.29) is 30.3 Å². The number of hydrogen-bond donors (Lipinski definition) is 4. The highest BCUT2D eigenvalue weighted by atomic mass is 32.2. The Morgan fingerprint density at radius 3 is 2.22 bits per heavy atom. The summed E-state index contributed by atoms with van der Waals surface area (Å²) in [6.45, 7) is 1.05. The van der Waals surface area contributed by atoms with Gasteiger partial charge in [-0.1, -0.05) is 0 Å². The monoisotopic (exact) mass is 484 g/mol. The lowest BCUT2D eigenvalue weighted by Crippen LogP contribution is -2.70. The number of carboxylic acids is 2. The maximum Gasteiger partial charge on any atom is 0.352 e. The molecule has 4 heterocycles. The van der Waals surface area contributed by atoms with Gasteiger partial charge in [-0.25, -0.2) is 9.59 Å². The maximum atomic E-state index is 12.7. The first-order valence-electron chi connectivity index (χ1n) is 9.55. The number of carboxylic acid groups (broad SMARTS) is 2. The molecule has 0 aromatic rings. The van der Waals surface area contributed by atoms with E-state index in [0.717, 1.165) is 4.90 Å². The fourth-order valence-corrected chi connectivity index (χ4v) is 6.64. The van der Waals surface area contributed by atoms with Crippen molar-refractivity contribution >= 4 is 53.2 Å². The molecule has 0 aliphatic carbocycles. The minimum atomic E-state index is -1.29. The summed E-state index contributed by atoms with van der Waals surface area (Å²) in [6, 6.07) is -1.45. The molecule has 4 atom stereocenters. The average Bonchev–Trinajstić information content (AvgIpc) is 2.75. The number of carbonyl (C=O) groups excluding carboxylic acids is 3. The number of hydrogen-bond acceptors (Lipinski definition) is 10. The van der Waals surface area contributed by atoms with Crippen molar-refractivity contribution in [1.82, 2.24) is 15.1 Å². The van der Waals surface area contributed by atoms with E-state index in [2.05, 4.69) is 5.32 Å². The SMILES string of the molecule is CC(=O)OCC1=C(C(=O)O)N2C(=O)[C@@H](NCC3=C(C(=O)O)N4C(=O)[C@@H](N)[C@H]4SC3)[C@H]2SC1. The topological polar surface area (TPSA) is 180 Å². The van der Waals surface area contributed by atoms with Gasteiger partial charge in [-0.05, 0) is 5.57 Å². The molecule has 0 unspecified atom stereocenters. The van der Waals surface area contributed by atoms with E-state index in [1.807, 2.05) is 0 Å². The number of thioether (sulfide) groups is 2. The average molecular weight is 485 g/mol. The van der Waals surface area contributed by atoms with Gasteiger partial charge in [-0.15, -0.1) is 23.5 Å². The van der Waals surface area contributed by atoms with Crippen LogP contribution >= 0.6 is 23.5 Å². The Labute approximate surface area is 190 Å². The molecule has 0 bridgehead atoms. The highest BCUT2D eigenvalue weighted by Crippen LogP contribution is 2.42. The van der Waals surface area contributed by atoms with E-state index in [1.165, 1.54) is 35.3 Å². The lowest BCUT2D eigenvalue weighted by Gasteiger charge is -2.50. The standard InChI is InChI=1S/C18H20N4O8S2/c1-6(23)30-3-8-5-32-16-10(14(25)22(16)12(8)18(28)29)20-2-7-4-31-15-9(19)13(24)21(15)11(7)17(26)27/h9-10,15-16,20H,2-5,19H2,1H3,(H,26,27)(H,28,29)/t9-,10-,15-,16-/m1/s1. The zero-order valence-corrected chi connectivity index (χ0v) is 18.4.